The molecule has 3 rings (SSSR count). The Morgan fingerprint density at radius 2 is 2.05 bits per heavy atom. The molecule has 0 unspecified atom stereocenters. The number of halogens is 1. The molecule has 20 heavy (non-hydrogen) atoms. The topological polar surface area (TPSA) is 61.7 Å². The molecule has 0 atom stereocenters. The monoisotopic (exact) mass is 273 g/mol. The summed E-state index contributed by atoms with van der Waals surface area (Å²) in [4.78, 5) is 4.32. The van der Waals surface area contributed by atoms with Crippen LogP contribution in [0, 0.1) is 19.7 Å². The van der Waals surface area contributed by atoms with Gasteiger partial charge in [-0.05, 0) is 38.5 Å². The maximum atomic E-state index is 14.1. The number of rotatable bonds is 2. The van der Waals surface area contributed by atoms with Gasteiger partial charge in [0.15, 0.2) is 5.65 Å². The van der Waals surface area contributed by atoms with Gasteiger partial charge in [0, 0.05) is 6.54 Å². The second-order valence-electron chi connectivity index (χ2n) is 4.83. The summed E-state index contributed by atoms with van der Waals surface area (Å²) in [6.45, 7) is 6.43. The van der Waals surface area contributed by atoms with E-state index in [-0.39, 0.29) is 11.8 Å². The lowest BCUT2D eigenvalue weighted by Crippen LogP contribution is -2.08. The minimum atomic E-state index is -0.330. The predicted molar refractivity (Wildman–Crippen MR) is 76.4 cm³/mol. The van der Waals surface area contributed by atoms with Crippen molar-refractivity contribution in [1.82, 2.24) is 19.3 Å². The molecule has 2 heterocycles. The van der Waals surface area contributed by atoms with E-state index in [1.807, 2.05) is 20.8 Å². The molecule has 0 fully saturated rings. The lowest BCUT2D eigenvalue weighted by atomic mass is 10.2. The average molecular weight is 273 g/mol. The molecule has 0 radical (unpaired) electrons. The van der Waals surface area contributed by atoms with Crippen molar-refractivity contribution >= 4 is 17.1 Å². The highest BCUT2D eigenvalue weighted by Gasteiger charge is 2.19. The van der Waals surface area contributed by atoms with Crippen molar-refractivity contribution in [3.8, 4) is 5.69 Å². The summed E-state index contributed by atoms with van der Waals surface area (Å²) in [6, 6.07) is 4.93. The molecule has 2 aromatic heterocycles. The highest BCUT2D eigenvalue weighted by molar-refractivity contribution is 5.80. The fourth-order valence-electron chi connectivity index (χ4n) is 2.44. The largest absolute Gasteiger partial charge is 0.369 e. The van der Waals surface area contributed by atoms with E-state index in [4.69, 9.17) is 5.73 Å². The van der Waals surface area contributed by atoms with Gasteiger partial charge in [-0.25, -0.2) is 14.1 Å². The smallest absolute Gasteiger partial charge is 0.207 e. The number of nitrogens with two attached hydrogens (primary N) is 1. The molecule has 3 aromatic rings. The van der Waals surface area contributed by atoms with Gasteiger partial charge in [0.2, 0.25) is 5.95 Å². The fraction of sp³-hybridized carbons (Fsp3) is 0.286. The molecule has 0 saturated carbocycles. The standard InChI is InChI=1S/C14H16FN5/c1-4-19-13-12(9(3)18-19)17-14(16)20(13)11-7-8(2)5-6-10(11)15/h5-7H,4H2,1-3H3,(H2,16,17). The Bertz CT molecular complexity index is 800. The third kappa shape index (κ3) is 1.68. The van der Waals surface area contributed by atoms with E-state index in [0.29, 0.717) is 17.7 Å². The number of hydrogen-bond acceptors (Lipinski definition) is 3. The number of nitrogens with zero attached hydrogens (tertiary/aromatic N) is 4. The summed E-state index contributed by atoms with van der Waals surface area (Å²) in [7, 11) is 0. The molecule has 0 spiro atoms. The molecule has 1 aromatic carbocycles. The first-order valence-corrected chi connectivity index (χ1v) is 6.50. The van der Waals surface area contributed by atoms with E-state index in [9.17, 15) is 4.39 Å². The van der Waals surface area contributed by atoms with Crippen LogP contribution in [0.2, 0.25) is 0 Å². The normalized spacial score (nSPS) is 11.4. The van der Waals surface area contributed by atoms with E-state index < -0.39 is 0 Å². The van der Waals surface area contributed by atoms with Crippen molar-refractivity contribution in [2.75, 3.05) is 5.73 Å². The molecule has 0 aliphatic heterocycles. The van der Waals surface area contributed by atoms with Crippen LogP contribution in [0.4, 0.5) is 10.3 Å². The zero-order valence-electron chi connectivity index (χ0n) is 11.7. The summed E-state index contributed by atoms with van der Waals surface area (Å²) < 4.78 is 17.6. The molecule has 6 heteroatoms. The summed E-state index contributed by atoms with van der Waals surface area (Å²) in [5, 5.41) is 4.40. The third-order valence-electron chi connectivity index (χ3n) is 3.38. The number of nitrogen functional groups attached to an aromatic ring is 1. The van der Waals surface area contributed by atoms with Crippen molar-refractivity contribution in [3.05, 3.63) is 35.3 Å². The van der Waals surface area contributed by atoms with Crippen molar-refractivity contribution < 1.29 is 4.39 Å². The maximum Gasteiger partial charge on any atom is 0.207 e. The molecule has 0 aliphatic rings. The maximum absolute atomic E-state index is 14.1. The fourth-order valence-corrected chi connectivity index (χ4v) is 2.44. The highest BCUT2D eigenvalue weighted by Crippen LogP contribution is 2.27. The average Bonchev–Trinajstić information content (AvgIpc) is 2.90. The molecular weight excluding hydrogens is 257 g/mol. The van der Waals surface area contributed by atoms with Gasteiger partial charge in [-0.1, -0.05) is 6.07 Å². The zero-order valence-corrected chi connectivity index (χ0v) is 11.7. The summed E-state index contributed by atoms with van der Waals surface area (Å²) in [5.41, 5.74) is 9.58. The Balaban J connectivity index is 2.41. The van der Waals surface area contributed by atoms with Gasteiger partial charge in [0.05, 0.1) is 11.4 Å². The molecule has 5 nitrogen and oxygen atoms in total. The Labute approximate surface area is 115 Å². The second-order valence-corrected chi connectivity index (χ2v) is 4.83. The lowest BCUT2D eigenvalue weighted by Gasteiger charge is -2.10. The van der Waals surface area contributed by atoms with Gasteiger partial charge < -0.3 is 5.73 Å². The van der Waals surface area contributed by atoms with Crippen LogP contribution in [0.5, 0.6) is 0 Å². The minimum Gasteiger partial charge on any atom is -0.369 e. The number of fused-ring (bicyclic) bond motifs is 1. The molecule has 0 amide bonds. The molecule has 104 valence electrons. The number of aromatic nitrogens is 4. The summed E-state index contributed by atoms with van der Waals surface area (Å²) in [6.07, 6.45) is 0. The summed E-state index contributed by atoms with van der Waals surface area (Å²) >= 11 is 0. The lowest BCUT2D eigenvalue weighted by molar-refractivity contribution is 0.614. The molecule has 2 N–H and O–H groups in total. The van der Waals surface area contributed by atoms with Crippen LogP contribution in [0.15, 0.2) is 18.2 Å². The minimum absolute atomic E-state index is 0.271. The van der Waals surface area contributed by atoms with Crippen LogP contribution in [-0.4, -0.2) is 19.3 Å². The van der Waals surface area contributed by atoms with Crippen LogP contribution >= 0.6 is 0 Å². The number of imidazole rings is 1. The van der Waals surface area contributed by atoms with E-state index >= 15 is 0 Å². The first-order valence-electron chi connectivity index (χ1n) is 6.50. The van der Waals surface area contributed by atoms with Gasteiger partial charge in [0.1, 0.15) is 11.3 Å². The Hall–Kier alpha value is -2.37. The Morgan fingerprint density at radius 1 is 1.30 bits per heavy atom. The molecular formula is C14H16FN5. The number of anilines is 1. The van der Waals surface area contributed by atoms with E-state index in [1.165, 1.54) is 6.07 Å². The van der Waals surface area contributed by atoms with Crippen molar-refractivity contribution in [2.24, 2.45) is 0 Å². The number of benzene rings is 1. The van der Waals surface area contributed by atoms with Crippen LogP contribution in [0.25, 0.3) is 16.9 Å². The van der Waals surface area contributed by atoms with E-state index in [1.54, 1.807) is 21.4 Å². The van der Waals surface area contributed by atoms with E-state index in [2.05, 4.69) is 10.1 Å². The van der Waals surface area contributed by atoms with Crippen molar-refractivity contribution in [1.29, 1.82) is 0 Å². The quantitative estimate of drug-likeness (QED) is 0.780. The van der Waals surface area contributed by atoms with Crippen molar-refractivity contribution in [2.45, 2.75) is 27.3 Å². The van der Waals surface area contributed by atoms with Crippen LogP contribution < -0.4 is 5.73 Å². The van der Waals surface area contributed by atoms with Gasteiger partial charge in [-0.3, -0.25) is 4.57 Å². The number of aryl methyl sites for hydroxylation is 3. The first kappa shape index (κ1) is 12.7. The van der Waals surface area contributed by atoms with Crippen LogP contribution in [-0.2, 0) is 6.54 Å². The zero-order chi connectivity index (χ0) is 14.4. The first-order chi connectivity index (χ1) is 9.52. The third-order valence-corrected chi connectivity index (χ3v) is 3.38. The second kappa shape index (κ2) is 4.33. The SMILES string of the molecule is CCn1nc(C)c2nc(N)n(-c3cc(C)ccc3F)c21. The molecule has 0 bridgehead atoms. The van der Waals surface area contributed by atoms with Gasteiger partial charge in [-0.15, -0.1) is 0 Å². The molecule has 0 aliphatic carbocycles. The highest BCUT2D eigenvalue weighted by atomic mass is 19.1. The Kier molecular flexibility index (Phi) is 2.74. The summed E-state index contributed by atoms with van der Waals surface area (Å²) in [5.74, 6) is -0.0599. The van der Waals surface area contributed by atoms with Crippen molar-refractivity contribution in [3.63, 3.8) is 0 Å². The number of hydrogen-bond donors (Lipinski definition) is 1. The Morgan fingerprint density at radius 3 is 2.75 bits per heavy atom. The van der Waals surface area contributed by atoms with Crippen LogP contribution in [0.3, 0.4) is 0 Å². The van der Waals surface area contributed by atoms with Gasteiger partial charge >= 0.3 is 0 Å². The van der Waals surface area contributed by atoms with Gasteiger partial charge in [0.25, 0.3) is 0 Å². The predicted octanol–water partition coefficient (Wildman–Crippen LogP) is 2.58. The van der Waals surface area contributed by atoms with Crippen LogP contribution in [0.1, 0.15) is 18.2 Å². The van der Waals surface area contributed by atoms with Gasteiger partial charge in [-0.2, -0.15) is 5.10 Å². The van der Waals surface area contributed by atoms with E-state index in [0.717, 1.165) is 16.9 Å². The molecule has 0 saturated heterocycles.